The van der Waals surface area contributed by atoms with Gasteiger partial charge in [-0.05, 0) is 31.2 Å². The van der Waals surface area contributed by atoms with Gasteiger partial charge in [-0.25, -0.2) is 13.2 Å². The van der Waals surface area contributed by atoms with Gasteiger partial charge in [0.15, 0.2) is 0 Å². The van der Waals surface area contributed by atoms with Gasteiger partial charge < -0.3 is 4.74 Å². The van der Waals surface area contributed by atoms with Crippen LogP contribution >= 0.6 is 0 Å². The SMILES string of the molecule is C=C(C)C(=O)Oc1ccc(N(C)S(C)(=O)=O)cc1. The van der Waals surface area contributed by atoms with Crippen molar-refractivity contribution in [1.29, 1.82) is 0 Å². The fraction of sp³-hybridized carbons (Fsp3) is 0.250. The number of carbonyl (C=O) groups excluding carboxylic acids is 1. The van der Waals surface area contributed by atoms with Gasteiger partial charge in [0.25, 0.3) is 0 Å². The first kappa shape index (κ1) is 14.2. The number of carbonyl (C=O) groups is 1. The van der Waals surface area contributed by atoms with E-state index in [1.165, 1.54) is 19.2 Å². The number of benzene rings is 1. The summed E-state index contributed by atoms with van der Waals surface area (Å²) in [5.74, 6) is -0.173. The lowest BCUT2D eigenvalue weighted by Gasteiger charge is -2.16. The number of esters is 1. The zero-order valence-electron chi connectivity index (χ0n) is 10.5. The zero-order chi connectivity index (χ0) is 13.9. The summed E-state index contributed by atoms with van der Waals surface area (Å²) in [4.78, 5) is 11.3. The van der Waals surface area contributed by atoms with Crippen LogP contribution in [0.4, 0.5) is 5.69 Å². The van der Waals surface area contributed by atoms with E-state index >= 15 is 0 Å². The molecule has 0 aliphatic heterocycles. The maximum absolute atomic E-state index is 11.3. The number of hydrogen-bond donors (Lipinski definition) is 0. The van der Waals surface area contributed by atoms with Crippen LogP contribution in [0.2, 0.25) is 0 Å². The van der Waals surface area contributed by atoms with Crippen LogP contribution in [0.15, 0.2) is 36.4 Å². The van der Waals surface area contributed by atoms with Gasteiger partial charge in [-0.15, -0.1) is 0 Å². The smallest absolute Gasteiger partial charge is 0.338 e. The van der Waals surface area contributed by atoms with E-state index < -0.39 is 16.0 Å². The summed E-state index contributed by atoms with van der Waals surface area (Å²) in [6.07, 6.45) is 1.11. The Labute approximate surface area is 107 Å². The van der Waals surface area contributed by atoms with E-state index in [1.54, 1.807) is 19.1 Å². The van der Waals surface area contributed by atoms with Crippen molar-refractivity contribution in [2.45, 2.75) is 6.92 Å². The van der Waals surface area contributed by atoms with E-state index in [0.717, 1.165) is 10.6 Å². The standard InChI is InChI=1S/C12H15NO4S/c1-9(2)12(14)17-11-7-5-10(6-8-11)13(3)18(4,15)16/h5-8H,1H2,2-4H3. The Bertz CT molecular complexity index is 560. The molecule has 98 valence electrons. The molecule has 0 aliphatic carbocycles. The first-order valence-corrected chi connectivity index (χ1v) is 6.98. The van der Waals surface area contributed by atoms with Gasteiger partial charge in [-0.1, -0.05) is 6.58 Å². The molecule has 0 N–H and O–H groups in total. The van der Waals surface area contributed by atoms with Gasteiger partial charge in [-0.2, -0.15) is 0 Å². The van der Waals surface area contributed by atoms with Crippen molar-refractivity contribution < 1.29 is 17.9 Å². The van der Waals surface area contributed by atoms with Crippen LogP contribution in [-0.2, 0) is 14.8 Å². The molecule has 0 spiro atoms. The molecule has 0 bridgehead atoms. The first-order chi connectivity index (χ1) is 8.21. The Morgan fingerprint density at radius 3 is 2.17 bits per heavy atom. The third-order valence-corrected chi connectivity index (χ3v) is 3.46. The Hall–Kier alpha value is -1.82. The molecule has 1 aromatic carbocycles. The molecule has 0 radical (unpaired) electrons. The summed E-state index contributed by atoms with van der Waals surface area (Å²) in [5, 5.41) is 0. The van der Waals surface area contributed by atoms with Crippen molar-refractivity contribution in [2.75, 3.05) is 17.6 Å². The van der Waals surface area contributed by atoms with Crippen molar-refractivity contribution in [1.82, 2.24) is 0 Å². The summed E-state index contributed by atoms with van der Waals surface area (Å²) in [6, 6.07) is 6.17. The van der Waals surface area contributed by atoms with E-state index in [0.29, 0.717) is 17.0 Å². The van der Waals surface area contributed by atoms with Gasteiger partial charge in [-0.3, -0.25) is 4.31 Å². The van der Waals surface area contributed by atoms with Crippen molar-refractivity contribution in [3.05, 3.63) is 36.4 Å². The van der Waals surface area contributed by atoms with Crippen LogP contribution in [-0.4, -0.2) is 27.7 Å². The molecule has 0 unspecified atom stereocenters. The maximum atomic E-state index is 11.3. The fourth-order valence-corrected chi connectivity index (χ4v) is 1.61. The quantitative estimate of drug-likeness (QED) is 0.473. The van der Waals surface area contributed by atoms with Gasteiger partial charge in [0.1, 0.15) is 5.75 Å². The predicted molar refractivity (Wildman–Crippen MR) is 70.1 cm³/mol. The topological polar surface area (TPSA) is 63.7 Å². The number of rotatable bonds is 4. The Morgan fingerprint density at radius 1 is 1.28 bits per heavy atom. The molecule has 0 aliphatic rings. The highest BCUT2D eigenvalue weighted by atomic mass is 32.2. The number of anilines is 1. The molecular weight excluding hydrogens is 254 g/mol. The summed E-state index contributed by atoms with van der Waals surface area (Å²) < 4.78 is 28.8. The summed E-state index contributed by atoms with van der Waals surface area (Å²) in [7, 11) is -1.85. The van der Waals surface area contributed by atoms with Crippen LogP contribution in [0.1, 0.15) is 6.92 Å². The average Bonchev–Trinajstić information content (AvgIpc) is 2.27. The molecule has 18 heavy (non-hydrogen) atoms. The molecule has 0 atom stereocenters. The van der Waals surface area contributed by atoms with Gasteiger partial charge in [0.2, 0.25) is 10.0 Å². The highest BCUT2D eigenvalue weighted by Gasteiger charge is 2.12. The number of ether oxygens (including phenoxy) is 1. The van der Waals surface area contributed by atoms with Crippen molar-refractivity contribution >= 4 is 21.7 Å². The predicted octanol–water partition coefficient (Wildman–Crippen LogP) is 1.56. The van der Waals surface area contributed by atoms with E-state index in [1.807, 2.05) is 0 Å². The number of nitrogens with zero attached hydrogens (tertiary/aromatic N) is 1. The minimum Gasteiger partial charge on any atom is -0.423 e. The molecule has 0 aromatic heterocycles. The molecule has 0 saturated heterocycles. The zero-order valence-corrected chi connectivity index (χ0v) is 11.3. The minimum atomic E-state index is -3.29. The van der Waals surface area contributed by atoms with Gasteiger partial charge in [0.05, 0.1) is 11.9 Å². The Kier molecular flexibility index (Phi) is 4.13. The largest absolute Gasteiger partial charge is 0.423 e. The molecule has 0 amide bonds. The van der Waals surface area contributed by atoms with Gasteiger partial charge >= 0.3 is 5.97 Å². The lowest BCUT2D eigenvalue weighted by atomic mass is 10.3. The molecule has 0 saturated carbocycles. The van der Waals surface area contributed by atoms with Crippen molar-refractivity contribution in [2.24, 2.45) is 0 Å². The molecule has 1 rings (SSSR count). The monoisotopic (exact) mass is 269 g/mol. The van der Waals surface area contributed by atoms with Gasteiger partial charge in [0, 0.05) is 12.6 Å². The van der Waals surface area contributed by atoms with Crippen LogP contribution in [0.25, 0.3) is 0 Å². The van der Waals surface area contributed by atoms with E-state index in [9.17, 15) is 13.2 Å². The van der Waals surface area contributed by atoms with Crippen LogP contribution in [0, 0.1) is 0 Å². The molecular formula is C12H15NO4S. The van der Waals surface area contributed by atoms with Crippen molar-refractivity contribution in [3.8, 4) is 5.75 Å². The summed E-state index contributed by atoms with van der Waals surface area (Å²) in [5.41, 5.74) is 0.792. The molecule has 1 aromatic rings. The van der Waals surface area contributed by atoms with Crippen LogP contribution in [0.3, 0.4) is 0 Å². The molecule has 0 heterocycles. The second-order valence-electron chi connectivity index (χ2n) is 3.89. The summed E-state index contributed by atoms with van der Waals surface area (Å²) >= 11 is 0. The number of sulfonamides is 1. The number of hydrogen-bond acceptors (Lipinski definition) is 4. The third kappa shape index (κ3) is 3.59. The molecule has 0 fully saturated rings. The van der Waals surface area contributed by atoms with E-state index in [4.69, 9.17) is 4.74 Å². The highest BCUT2D eigenvalue weighted by molar-refractivity contribution is 7.92. The van der Waals surface area contributed by atoms with E-state index in [2.05, 4.69) is 6.58 Å². The van der Waals surface area contributed by atoms with Crippen molar-refractivity contribution in [3.63, 3.8) is 0 Å². The summed E-state index contributed by atoms with van der Waals surface area (Å²) in [6.45, 7) is 5.02. The third-order valence-electron chi connectivity index (χ3n) is 2.26. The molecule has 5 nitrogen and oxygen atoms in total. The van der Waals surface area contributed by atoms with E-state index in [-0.39, 0.29) is 0 Å². The Balaban J connectivity index is 2.87. The Morgan fingerprint density at radius 2 is 1.78 bits per heavy atom. The highest BCUT2D eigenvalue weighted by Crippen LogP contribution is 2.20. The second kappa shape index (κ2) is 5.22. The lowest BCUT2D eigenvalue weighted by molar-refractivity contribution is -0.130. The molecule has 6 heteroatoms. The second-order valence-corrected chi connectivity index (χ2v) is 5.91. The van der Waals surface area contributed by atoms with Crippen LogP contribution in [0.5, 0.6) is 5.75 Å². The normalized spacial score (nSPS) is 10.8. The maximum Gasteiger partial charge on any atom is 0.338 e. The fourth-order valence-electron chi connectivity index (χ4n) is 1.11. The van der Waals surface area contributed by atoms with Crippen LogP contribution < -0.4 is 9.04 Å². The first-order valence-electron chi connectivity index (χ1n) is 5.13. The minimum absolute atomic E-state index is 0.298. The lowest BCUT2D eigenvalue weighted by Crippen LogP contribution is -2.24. The average molecular weight is 269 g/mol.